The van der Waals surface area contributed by atoms with Crippen LogP contribution in [0.15, 0.2) is 0 Å². The molecule has 2 heterocycles. The van der Waals surface area contributed by atoms with E-state index in [1.165, 1.54) is 4.90 Å². The maximum atomic E-state index is 12.0. The fraction of sp³-hybridized carbons (Fsp3) is 0.800. The Morgan fingerprint density at radius 1 is 1.33 bits per heavy atom. The summed E-state index contributed by atoms with van der Waals surface area (Å²) in [4.78, 5) is 26.7. The Bertz CT molecular complexity index is 274. The Morgan fingerprint density at radius 3 is 2.53 bits per heavy atom. The molecule has 1 atom stereocenters. The lowest BCUT2D eigenvalue weighted by Gasteiger charge is -2.25. The summed E-state index contributed by atoms with van der Waals surface area (Å²) in [7, 11) is 0. The van der Waals surface area contributed by atoms with Gasteiger partial charge in [-0.1, -0.05) is 0 Å². The highest BCUT2D eigenvalue weighted by Crippen LogP contribution is 2.14. The third kappa shape index (κ3) is 1.97. The zero-order valence-electron chi connectivity index (χ0n) is 9.03. The molecule has 2 aliphatic heterocycles. The fourth-order valence-electron chi connectivity index (χ4n) is 2.19. The minimum Gasteiger partial charge on any atom is -0.336 e. The number of carbonyl (C=O) groups is 2. The van der Waals surface area contributed by atoms with Crippen molar-refractivity contribution in [1.82, 2.24) is 15.1 Å². The molecular formula is C10H17N3O2. The first-order chi connectivity index (χ1) is 7.20. The number of hydrogen-bond acceptors (Lipinski definition) is 3. The summed E-state index contributed by atoms with van der Waals surface area (Å²) in [5.74, 6) is -0.0631. The number of urea groups is 1. The van der Waals surface area contributed by atoms with Crippen molar-refractivity contribution in [2.45, 2.75) is 25.8 Å². The van der Waals surface area contributed by atoms with E-state index in [0.29, 0.717) is 13.1 Å². The number of nitrogens with zero attached hydrogens (tertiary/aromatic N) is 2. The van der Waals surface area contributed by atoms with E-state index in [9.17, 15) is 9.59 Å². The first-order valence-electron chi connectivity index (χ1n) is 5.53. The zero-order chi connectivity index (χ0) is 10.8. The molecule has 0 aromatic heterocycles. The molecule has 0 spiro atoms. The molecule has 0 radical (unpaired) electrons. The molecule has 15 heavy (non-hydrogen) atoms. The van der Waals surface area contributed by atoms with Crippen LogP contribution in [0.2, 0.25) is 0 Å². The van der Waals surface area contributed by atoms with E-state index in [0.717, 1.165) is 25.9 Å². The Hall–Kier alpha value is -1.10. The average molecular weight is 211 g/mol. The number of hydrogen-bond donors (Lipinski definition) is 1. The molecule has 0 aromatic rings. The summed E-state index contributed by atoms with van der Waals surface area (Å²) >= 11 is 0. The molecule has 5 heteroatoms. The van der Waals surface area contributed by atoms with E-state index in [4.69, 9.17) is 0 Å². The normalized spacial score (nSPS) is 24.3. The largest absolute Gasteiger partial charge is 0.336 e. The van der Waals surface area contributed by atoms with Gasteiger partial charge in [0.2, 0.25) is 5.91 Å². The van der Waals surface area contributed by atoms with E-state index in [2.05, 4.69) is 10.2 Å². The standard InChI is InChI=1S/C10H17N3O2/c1-8(12-5-2-3-6-12)9(14)13-7-4-11-10(13)15/h8H,2-7H2,1H3,(H,11,15)/t8-/m1/s1. The Kier molecular flexibility index (Phi) is 2.90. The minimum atomic E-state index is -0.244. The summed E-state index contributed by atoms with van der Waals surface area (Å²) in [5, 5.41) is 2.64. The van der Waals surface area contributed by atoms with Gasteiger partial charge in [-0.05, 0) is 32.9 Å². The first-order valence-corrected chi connectivity index (χ1v) is 5.53. The van der Waals surface area contributed by atoms with Crippen molar-refractivity contribution >= 4 is 11.9 Å². The predicted molar refractivity (Wildman–Crippen MR) is 55.4 cm³/mol. The van der Waals surface area contributed by atoms with Crippen LogP contribution in [-0.4, -0.2) is 54.0 Å². The van der Waals surface area contributed by atoms with Gasteiger partial charge in [0, 0.05) is 13.1 Å². The number of imide groups is 1. The molecule has 0 bridgehead atoms. The Morgan fingerprint density at radius 2 is 2.00 bits per heavy atom. The quantitative estimate of drug-likeness (QED) is 0.700. The van der Waals surface area contributed by atoms with Crippen molar-refractivity contribution < 1.29 is 9.59 Å². The van der Waals surface area contributed by atoms with Gasteiger partial charge in [0.25, 0.3) is 0 Å². The van der Waals surface area contributed by atoms with Gasteiger partial charge >= 0.3 is 6.03 Å². The SMILES string of the molecule is C[C@H](C(=O)N1CCNC1=O)N1CCCC1. The molecule has 2 aliphatic rings. The van der Waals surface area contributed by atoms with Gasteiger partial charge in [0.15, 0.2) is 0 Å². The summed E-state index contributed by atoms with van der Waals surface area (Å²) in [6, 6.07) is -0.401. The predicted octanol–water partition coefficient (Wildman–Crippen LogP) is 0.0225. The molecule has 0 aliphatic carbocycles. The molecule has 2 fully saturated rings. The molecule has 84 valence electrons. The summed E-state index contributed by atoms with van der Waals surface area (Å²) in [6.07, 6.45) is 2.31. The number of amides is 3. The maximum absolute atomic E-state index is 12.0. The average Bonchev–Trinajstić information content (AvgIpc) is 2.85. The molecule has 3 amide bonds. The highest BCUT2D eigenvalue weighted by atomic mass is 16.2. The van der Waals surface area contributed by atoms with Gasteiger partial charge in [0.1, 0.15) is 0 Å². The topological polar surface area (TPSA) is 52.7 Å². The van der Waals surface area contributed by atoms with Crippen LogP contribution in [0.5, 0.6) is 0 Å². The number of carbonyl (C=O) groups excluding carboxylic acids is 2. The minimum absolute atomic E-state index is 0.0631. The highest BCUT2D eigenvalue weighted by molar-refractivity contribution is 5.98. The van der Waals surface area contributed by atoms with E-state index < -0.39 is 0 Å². The lowest BCUT2D eigenvalue weighted by molar-refractivity contribution is -0.132. The van der Waals surface area contributed by atoms with Crippen LogP contribution in [0.1, 0.15) is 19.8 Å². The fourth-order valence-corrected chi connectivity index (χ4v) is 2.19. The van der Waals surface area contributed by atoms with Gasteiger partial charge in [-0.3, -0.25) is 14.6 Å². The van der Waals surface area contributed by atoms with E-state index in [1.54, 1.807) is 0 Å². The molecule has 1 N–H and O–H groups in total. The van der Waals surface area contributed by atoms with E-state index >= 15 is 0 Å². The second-order valence-electron chi connectivity index (χ2n) is 4.14. The van der Waals surface area contributed by atoms with Crippen LogP contribution >= 0.6 is 0 Å². The lowest BCUT2D eigenvalue weighted by Crippen LogP contribution is -2.47. The van der Waals surface area contributed by atoms with Crippen molar-refractivity contribution in [3.63, 3.8) is 0 Å². The molecule has 0 unspecified atom stereocenters. The molecule has 2 saturated heterocycles. The molecule has 5 nitrogen and oxygen atoms in total. The zero-order valence-corrected chi connectivity index (χ0v) is 9.03. The molecule has 0 aromatic carbocycles. The van der Waals surface area contributed by atoms with E-state index in [1.807, 2.05) is 6.92 Å². The monoisotopic (exact) mass is 211 g/mol. The highest BCUT2D eigenvalue weighted by Gasteiger charge is 2.33. The number of likely N-dealkylation sites (tertiary alicyclic amines) is 1. The van der Waals surface area contributed by atoms with Gasteiger partial charge in [-0.25, -0.2) is 4.79 Å². The summed E-state index contributed by atoms with van der Waals surface area (Å²) in [5.41, 5.74) is 0. The van der Waals surface area contributed by atoms with Crippen LogP contribution in [-0.2, 0) is 4.79 Å². The third-order valence-corrected chi connectivity index (χ3v) is 3.17. The molecular weight excluding hydrogens is 194 g/mol. The van der Waals surface area contributed by atoms with E-state index in [-0.39, 0.29) is 18.0 Å². The van der Waals surface area contributed by atoms with Crippen molar-refractivity contribution in [1.29, 1.82) is 0 Å². The molecule has 2 rings (SSSR count). The van der Waals surface area contributed by atoms with Crippen LogP contribution < -0.4 is 5.32 Å². The first kappa shape index (κ1) is 10.4. The van der Waals surface area contributed by atoms with Gasteiger partial charge in [-0.2, -0.15) is 0 Å². The van der Waals surface area contributed by atoms with Crippen molar-refractivity contribution in [2.24, 2.45) is 0 Å². The van der Waals surface area contributed by atoms with Crippen LogP contribution in [0.25, 0.3) is 0 Å². The lowest BCUT2D eigenvalue weighted by atomic mass is 10.2. The summed E-state index contributed by atoms with van der Waals surface area (Å²) in [6.45, 7) is 4.93. The number of rotatable bonds is 2. The second-order valence-corrected chi connectivity index (χ2v) is 4.14. The smallest absolute Gasteiger partial charge is 0.324 e. The third-order valence-electron chi connectivity index (χ3n) is 3.17. The van der Waals surface area contributed by atoms with Crippen LogP contribution in [0.4, 0.5) is 4.79 Å². The number of nitrogens with one attached hydrogen (secondary N) is 1. The molecule has 0 saturated carbocycles. The van der Waals surface area contributed by atoms with Gasteiger partial charge in [0.05, 0.1) is 6.04 Å². The van der Waals surface area contributed by atoms with Crippen molar-refractivity contribution in [2.75, 3.05) is 26.2 Å². The summed E-state index contributed by atoms with van der Waals surface area (Å²) < 4.78 is 0. The maximum Gasteiger partial charge on any atom is 0.324 e. The van der Waals surface area contributed by atoms with Crippen molar-refractivity contribution in [3.8, 4) is 0 Å². The van der Waals surface area contributed by atoms with Crippen molar-refractivity contribution in [3.05, 3.63) is 0 Å². The van der Waals surface area contributed by atoms with Crippen LogP contribution in [0.3, 0.4) is 0 Å². The Labute approximate surface area is 89.4 Å². The Balaban J connectivity index is 1.97. The second kappa shape index (κ2) is 4.18. The van der Waals surface area contributed by atoms with Gasteiger partial charge < -0.3 is 5.32 Å². The van der Waals surface area contributed by atoms with Crippen LogP contribution in [0, 0.1) is 0 Å². The van der Waals surface area contributed by atoms with Gasteiger partial charge in [-0.15, -0.1) is 0 Å².